The molecule has 2 atom stereocenters. The van der Waals surface area contributed by atoms with Gasteiger partial charge in [-0.25, -0.2) is 0 Å². The maximum atomic E-state index is 11.8. The van der Waals surface area contributed by atoms with Crippen molar-refractivity contribution in [1.82, 2.24) is 5.32 Å². The third-order valence-electron chi connectivity index (χ3n) is 2.93. The summed E-state index contributed by atoms with van der Waals surface area (Å²) in [4.78, 5) is 0. The molecule has 0 saturated heterocycles. The van der Waals surface area contributed by atoms with Crippen LogP contribution in [0.5, 0.6) is 0 Å². The number of hydrogen-bond acceptors (Lipinski definition) is 2. The van der Waals surface area contributed by atoms with E-state index in [-0.39, 0.29) is 6.61 Å². The number of hydrogen-bond donors (Lipinski definition) is 1. The molecule has 0 spiro atoms. The smallest absolute Gasteiger partial charge is 0.372 e. The number of alkyl halides is 3. The molecule has 0 aromatic rings. The van der Waals surface area contributed by atoms with Crippen LogP contribution >= 0.6 is 0 Å². The Hall–Kier alpha value is -0.290. The lowest BCUT2D eigenvalue weighted by molar-refractivity contribution is -0.174. The van der Waals surface area contributed by atoms with Crippen molar-refractivity contribution in [2.24, 2.45) is 5.92 Å². The van der Waals surface area contributed by atoms with Gasteiger partial charge in [-0.1, -0.05) is 6.42 Å². The van der Waals surface area contributed by atoms with Crippen molar-refractivity contribution in [2.75, 3.05) is 20.3 Å². The van der Waals surface area contributed by atoms with Crippen LogP contribution < -0.4 is 5.32 Å². The molecule has 2 unspecified atom stereocenters. The average molecular weight is 225 g/mol. The summed E-state index contributed by atoms with van der Waals surface area (Å²) in [5, 5.41) is 3.19. The van der Waals surface area contributed by atoms with E-state index in [1.54, 1.807) is 0 Å². The quantitative estimate of drug-likeness (QED) is 0.725. The van der Waals surface area contributed by atoms with Crippen LogP contribution in [0.25, 0.3) is 0 Å². The molecule has 1 rings (SSSR count). The molecule has 15 heavy (non-hydrogen) atoms. The molecular weight excluding hydrogens is 207 g/mol. The van der Waals surface area contributed by atoms with Crippen LogP contribution in [0.1, 0.15) is 25.7 Å². The third-order valence-corrected chi connectivity index (χ3v) is 2.93. The van der Waals surface area contributed by atoms with Gasteiger partial charge in [-0.15, -0.1) is 0 Å². The van der Waals surface area contributed by atoms with Gasteiger partial charge >= 0.3 is 6.18 Å². The van der Waals surface area contributed by atoms with Crippen molar-refractivity contribution >= 4 is 0 Å². The Morgan fingerprint density at radius 3 is 2.67 bits per heavy atom. The summed E-state index contributed by atoms with van der Waals surface area (Å²) in [5.74, 6) is 0.475. The average Bonchev–Trinajstić information content (AvgIpc) is 2.58. The number of nitrogens with one attached hydrogen (secondary N) is 1. The van der Waals surface area contributed by atoms with Gasteiger partial charge in [0, 0.05) is 12.6 Å². The zero-order chi connectivity index (χ0) is 11.3. The minimum Gasteiger partial charge on any atom is -0.372 e. The molecule has 90 valence electrons. The molecule has 0 aliphatic heterocycles. The number of halogens is 3. The molecule has 0 heterocycles. The molecule has 1 N–H and O–H groups in total. The molecule has 0 bridgehead atoms. The first kappa shape index (κ1) is 12.8. The van der Waals surface area contributed by atoms with Crippen molar-refractivity contribution in [3.8, 4) is 0 Å². The Morgan fingerprint density at radius 1 is 1.33 bits per heavy atom. The van der Waals surface area contributed by atoms with E-state index in [1.165, 1.54) is 0 Å². The van der Waals surface area contributed by atoms with Crippen LogP contribution in [-0.2, 0) is 4.74 Å². The van der Waals surface area contributed by atoms with Gasteiger partial charge in [0.25, 0.3) is 0 Å². The van der Waals surface area contributed by atoms with E-state index in [0.29, 0.717) is 12.0 Å². The Morgan fingerprint density at radius 2 is 2.07 bits per heavy atom. The van der Waals surface area contributed by atoms with Crippen molar-refractivity contribution in [3.63, 3.8) is 0 Å². The Kier molecular flexibility index (Phi) is 4.86. The first-order chi connectivity index (χ1) is 7.03. The Labute approximate surface area is 88.2 Å². The SMILES string of the molecule is CNC1CCCC1CCOCC(F)(F)F. The van der Waals surface area contributed by atoms with E-state index in [0.717, 1.165) is 25.7 Å². The maximum Gasteiger partial charge on any atom is 0.411 e. The molecule has 0 aromatic carbocycles. The zero-order valence-corrected chi connectivity index (χ0v) is 8.94. The molecule has 2 nitrogen and oxygen atoms in total. The largest absolute Gasteiger partial charge is 0.411 e. The number of ether oxygens (including phenoxy) is 1. The van der Waals surface area contributed by atoms with Gasteiger partial charge in [-0.3, -0.25) is 0 Å². The van der Waals surface area contributed by atoms with Gasteiger partial charge in [0.15, 0.2) is 0 Å². The molecule has 0 radical (unpaired) electrons. The highest BCUT2D eigenvalue weighted by Gasteiger charge is 2.29. The van der Waals surface area contributed by atoms with Crippen LogP contribution in [0, 0.1) is 5.92 Å². The summed E-state index contributed by atoms with van der Waals surface area (Å²) < 4.78 is 39.9. The van der Waals surface area contributed by atoms with Crippen LogP contribution in [0.4, 0.5) is 13.2 Å². The topological polar surface area (TPSA) is 21.3 Å². The predicted molar refractivity (Wildman–Crippen MR) is 51.7 cm³/mol. The summed E-state index contributed by atoms with van der Waals surface area (Å²) in [5.41, 5.74) is 0. The lowest BCUT2D eigenvalue weighted by atomic mass is 10.0. The summed E-state index contributed by atoms with van der Waals surface area (Å²) >= 11 is 0. The van der Waals surface area contributed by atoms with Crippen molar-refractivity contribution < 1.29 is 17.9 Å². The molecule has 0 amide bonds. The van der Waals surface area contributed by atoms with E-state index in [9.17, 15) is 13.2 Å². The van der Waals surface area contributed by atoms with Crippen LogP contribution in [0.3, 0.4) is 0 Å². The second-order valence-electron chi connectivity index (χ2n) is 4.04. The zero-order valence-electron chi connectivity index (χ0n) is 8.94. The summed E-state index contributed by atoms with van der Waals surface area (Å²) in [7, 11) is 1.90. The minimum atomic E-state index is -4.20. The summed E-state index contributed by atoms with van der Waals surface area (Å²) in [6.45, 7) is -0.910. The standard InChI is InChI=1S/C10H18F3NO/c1-14-9-4-2-3-8(9)5-6-15-7-10(11,12)13/h8-9,14H,2-7H2,1H3. The van der Waals surface area contributed by atoms with E-state index < -0.39 is 12.8 Å². The fraction of sp³-hybridized carbons (Fsp3) is 1.00. The highest BCUT2D eigenvalue weighted by atomic mass is 19.4. The van der Waals surface area contributed by atoms with E-state index in [4.69, 9.17) is 0 Å². The van der Waals surface area contributed by atoms with Gasteiger partial charge in [0.05, 0.1) is 0 Å². The maximum absolute atomic E-state index is 11.8. The van der Waals surface area contributed by atoms with E-state index >= 15 is 0 Å². The normalized spacial score (nSPS) is 27.2. The van der Waals surface area contributed by atoms with E-state index in [2.05, 4.69) is 10.1 Å². The lowest BCUT2D eigenvalue weighted by Crippen LogP contribution is -2.30. The van der Waals surface area contributed by atoms with Crippen molar-refractivity contribution in [3.05, 3.63) is 0 Å². The second kappa shape index (κ2) is 5.70. The van der Waals surface area contributed by atoms with Crippen LogP contribution in [0.15, 0.2) is 0 Å². The highest BCUT2D eigenvalue weighted by molar-refractivity contribution is 4.81. The third kappa shape index (κ3) is 4.84. The molecular formula is C10H18F3NO. The van der Waals surface area contributed by atoms with Gasteiger partial charge in [0.2, 0.25) is 0 Å². The molecule has 1 fully saturated rings. The molecule has 1 aliphatic rings. The van der Waals surface area contributed by atoms with Gasteiger partial charge in [-0.2, -0.15) is 13.2 Å². The Bertz CT molecular complexity index is 184. The lowest BCUT2D eigenvalue weighted by Gasteiger charge is -2.18. The Balaban J connectivity index is 2.09. The molecule has 5 heteroatoms. The molecule has 0 aromatic heterocycles. The van der Waals surface area contributed by atoms with E-state index in [1.807, 2.05) is 7.05 Å². The first-order valence-electron chi connectivity index (χ1n) is 5.34. The summed E-state index contributed by atoms with van der Waals surface area (Å²) in [6, 6.07) is 0.458. The second-order valence-corrected chi connectivity index (χ2v) is 4.04. The van der Waals surface area contributed by atoms with Crippen molar-refractivity contribution in [2.45, 2.75) is 37.9 Å². The highest BCUT2D eigenvalue weighted by Crippen LogP contribution is 2.28. The summed E-state index contributed by atoms with van der Waals surface area (Å²) in [6.07, 6.45) is -0.0869. The first-order valence-corrected chi connectivity index (χ1v) is 5.34. The van der Waals surface area contributed by atoms with Gasteiger partial charge in [0.1, 0.15) is 6.61 Å². The fourth-order valence-corrected chi connectivity index (χ4v) is 2.19. The predicted octanol–water partition coefficient (Wildman–Crippen LogP) is 2.34. The van der Waals surface area contributed by atoms with Gasteiger partial charge in [-0.05, 0) is 32.2 Å². The van der Waals surface area contributed by atoms with Crippen LogP contribution in [0.2, 0.25) is 0 Å². The van der Waals surface area contributed by atoms with Crippen molar-refractivity contribution in [1.29, 1.82) is 0 Å². The monoisotopic (exact) mass is 225 g/mol. The van der Waals surface area contributed by atoms with Crippen LogP contribution in [-0.4, -0.2) is 32.5 Å². The molecule has 1 aliphatic carbocycles. The minimum absolute atomic E-state index is 0.211. The fourth-order valence-electron chi connectivity index (χ4n) is 2.19. The molecule has 1 saturated carbocycles. The number of rotatable bonds is 5. The van der Waals surface area contributed by atoms with Gasteiger partial charge < -0.3 is 10.1 Å².